The Hall–Kier alpha value is -2.34. The molecule has 0 bridgehead atoms. The Morgan fingerprint density at radius 3 is 2.62 bits per heavy atom. The van der Waals surface area contributed by atoms with Gasteiger partial charge in [0.15, 0.2) is 0 Å². The van der Waals surface area contributed by atoms with Crippen molar-refractivity contribution in [3.63, 3.8) is 0 Å². The molecule has 0 saturated carbocycles. The van der Waals surface area contributed by atoms with Crippen molar-refractivity contribution in [2.24, 2.45) is 0 Å². The third-order valence-corrected chi connectivity index (χ3v) is 3.63. The Kier molecular flexibility index (Phi) is 4.59. The molecule has 2 aromatic rings. The predicted octanol–water partition coefficient (Wildman–Crippen LogP) is 4.30. The summed E-state index contributed by atoms with van der Waals surface area (Å²) in [5.41, 5.74) is 3.89. The Morgan fingerprint density at radius 1 is 1.19 bits per heavy atom. The normalized spacial score (nSPS) is 11.8. The first-order valence-electron chi connectivity index (χ1n) is 6.84. The maximum atomic E-state index is 13.4. The highest BCUT2D eigenvalue weighted by Gasteiger charge is 2.17. The smallest absolute Gasteiger partial charge is 0.123 e. The first-order valence-corrected chi connectivity index (χ1v) is 6.84. The van der Waals surface area contributed by atoms with Gasteiger partial charge in [0.2, 0.25) is 0 Å². The molecule has 21 heavy (non-hydrogen) atoms. The van der Waals surface area contributed by atoms with E-state index in [1.54, 1.807) is 13.2 Å². The summed E-state index contributed by atoms with van der Waals surface area (Å²) in [7, 11) is 1.55. The van der Waals surface area contributed by atoms with Crippen LogP contribution in [-0.2, 0) is 6.42 Å². The van der Waals surface area contributed by atoms with Crippen LogP contribution in [0.5, 0.6) is 5.75 Å². The molecule has 0 spiro atoms. The van der Waals surface area contributed by atoms with Gasteiger partial charge >= 0.3 is 0 Å². The molecular formula is C18H18FNO. The molecule has 0 heterocycles. The summed E-state index contributed by atoms with van der Waals surface area (Å²) < 4.78 is 18.7. The lowest BCUT2D eigenvalue weighted by Crippen LogP contribution is -2.05. The van der Waals surface area contributed by atoms with E-state index in [1.807, 2.05) is 32.0 Å². The van der Waals surface area contributed by atoms with Crippen molar-refractivity contribution in [3.05, 3.63) is 64.5 Å². The minimum absolute atomic E-state index is 0.316. The molecule has 2 nitrogen and oxygen atoms in total. The quantitative estimate of drug-likeness (QED) is 0.838. The molecule has 0 N–H and O–H groups in total. The fourth-order valence-electron chi connectivity index (χ4n) is 2.49. The number of nitriles is 1. The van der Waals surface area contributed by atoms with Gasteiger partial charge < -0.3 is 4.74 Å². The van der Waals surface area contributed by atoms with Gasteiger partial charge in [0.25, 0.3) is 0 Å². The molecule has 0 fully saturated rings. The van der Waals surface area contributed by atoms with E-state index in [0.29, 0.717) is 17.7 Å². The molecule has 2 aromatic carbocycles. The number of methoxy groups -OCH3 is 1. The first kappa shape index (κ1) is 15.1. The van der Waals surface area contributed by atoms with E-state index in [0.717, 1.165) is 16.7 Å². The number of benzene rings is 2. The molecule has 108 valence electrons. The Labute approximate surface area is 124 Å². The fourth-order valence-corrected chi connectivity index (χ4v) is 2.49. The lowest BCUT2D eigenvalue weighted by Gasteiger charge is -2.15. The second kappa shape index (κ2) is 6.41. The van der Waals surface area contributed by atoms with Crippen LogP contribution in [-0.4, -0.2) is 7.11 Å². The SMILES string of the molecule is COc1ccc(F)cc1CC(C#N)c1cc(C)ccc1C. The van der Waals surface area contributed by atoms with Crippen LogP contribution in [0.2, 0.25) is 0 Å². The highest BCUT2D eigenvalue weighted by atomic mass is 19.1. The topological polar surface area (TPSA) is 33.0 Å². The Bertz CT molecular complexity index is 688. The number of nitrogens with zero attached hydrogens (tertiary/aromatic N) is 1. The van der Waals surface area contributed by atoms with Crippen molar-refractivity contribution < 1.29 is 9.13 Å². The van der Waals surface area contributed by atoms with Crippen molar-refractivity contribution in [3.8, 4) is 11.8 Å². The Balaban J connectivity index is 2.38. The van der Waals surface area contributed by atoms with Gasteiger partial charge in [-0.3, -0.25) is 0 Å². The summed E-state index contributed by atoms with van der Waals surface area (Å²) in [5.74, 6) is -0.0222. The van der Waals surface area contributed by atoms with E-state index in [-0.39, 0.29) is 11.7 Å². The first-order chi connectivity index (χ1) is 10.0. The van der Waals surface area contributed by atoms with E-state index in [2.05, 4.69) is 6.07 Å². The predicted molar refractivity (Wildman–Crippen MR) is 80.9 cm³/mol. The monoisotopic (exact) mass is 283 g/mol. The van der Waals surface area contributed by atoms with E-state index < -0.39 is 0 Å². The van der Waals surface area contributed by atoms with Gasteiger partial charge in [0.05, 0.1) is 19.1 Å². The largest absolute Gasteiger partial charge is 0.496 e. The molecule has 0 radical (unpaired) electrons. The van der Waals surface area contributed by atoms with Gasteiger partial charge in [-0.25, -0.2) is 4.39 Å². The van der Waals surface area contributed by atoms with Gasteiger partial charge in [0, 0.05) is 0 Å². The van der Waals surface area contributed by atoms with E-state index in [9.17, 15) is 9.65 Å². The molecule has 1 unspecified atom stereocenters. The van der Waals surface area contributed by atoms with Crippen molar-refractivity contribution in [2.45, 2.75) is 26.2 Å². The minimum atomic E-state index is -0.319. The number of rotatable bonds is 4. The molecule has 0 saturated heterocycles. The summed E-state index contributed by atoms with van der Waals surface area (Å²) in [6, 6.07) is 12.8. The molecule has 0 aliphatic rings. The second-order valence-electron chi connectivity index (χ2n) is 5.20. The molecule has 3 heteroatoms. The number of aryl methyl sites for hydroxylation is 2. The highest BCUT2D eigenvalue weighted by Crippen LogP contribution is 2.29. The van der Waals surface area contributed by atoms with Gasteiger partial charge in [-0.1, -0.05) is 23.8 Å². The Morgan fingerprint density at radius 2 is 1.95 bits per heavy atom. The van der Waals surface area contributed by atoms with E-state index in [1.165, 1.54) is 12.1 Å². The maximum absolute atomic E-state index is 13.4. The zero-order chi connectivity index (χ0) is 15.4. The van der Waals surface area contributed by atoms with Gasteiger partial charge in [0.1, 0.15) is 11.6 Å². The van der Waals surface area contributed by atoms with Crippen molar-refractivity contribution in [1.82, 2.24) is 0 Å². The molecule has 2 rings (SSSR count). The fraction of sp³-hybridized carbons (Fsp3) is 0.278. The molecule has 1 atom stereocenters. The lowest BCUT2D eigenvalue weighted by molar-refractivity contribution is 0.407. The molecule has 0 aromatic heterocycles. The van der Waals surface area contributed by atoms with Gasteiger partial charge in [-0.15, -0.1) is 0 Å². The summed E-state index contributed by atoms with van der Waals surface area (Å²) >= 11 is 0. The third kappa shape index (κ3) is 3.41. The zero-order valence-corrected chi connectivity index (χ0v) is 12.5. The third-order valence-electron chi connectivity index (χ3n) is 3.63. The maximum Gasteiger partial charge on any atom is 0.123 e. The van der Waals surface area contributed by atoms with Crippen LogP contribution in [0.1, 0.15) is 28.2 Å². The van der Waals surface area contributed by atoms with Gasteiger partial charge in [-0.2, -0.15) is 5.26 Å². The van der Waals surface area contributed by atoms with Crippen molar-refractivity contribution in [1.29, 1.82) is 5.26 Å². The molecule has 0 aliphatic carbocycles. The van der Waals surface area contributed by atoms with Crippen LogP contribution < -0.4 is 4.74 Å². The van der Waals surface area contributed by atoms with Crippen LogP contribution in [0.3, 0.4) is 0 Å². The standard InChI is InChI=1S/C18H18FNO/c1-12-4-5-13(2)17(8-12)15(11-20)9-14-10-16(19)6-7-18(14)21-3/h4-8,10,15H,9H2,1-3H3. The zero-order valence-electron chi connectivity index (χ0n) is 12.5. The molecule has 0 amide bonds. The van der Waals surface area contributed by atoms with Gasteiger partial charge in [-0.05, 0) is 55.2 Å². The number of hydrogen-bond donors (Lipinski definition) is 0. The lowest BCUT2D eigenvalue weighted by atomic mass is 9.89. The summed E-state index contributed by atoms with van der Waals surface area (Å²) in [5, 5.41) is 9.50. The molecular weight excluding hydrogens is 265 g/mol. The van der Waals surface area contributed by atoms with Crippen molar-refractivity contribution in [2.75, 3.05) is 7.11 Å². The molecule has 0 aliphatic heterocycles. The van der Waals surface area contributed by atoms with Crippen LogP contribution in [0, 0.1) is 31.0 Å². The van der Waals surface area contributed by atoms with E-state index in [4.69, 9.17) is 4.74 Å². The summed E-state index contributed by atoms with van der Waals surface area (Å²) in [4.78, 5) is 0. The number of hydrogen-bond acceptors (Lipinski definition) is 2. The highest BCUT2D eigenvalue weighted by molar-refractivity contribution is 5.41. The summed E-state index contributed by atoms with van der Waals surface area (Å²) in [6.45, 7) is 3.99. The second-order valence-corrected chi connectivity index (χ2v) is 5.20. The minimum Gasteiger partial charge on any atom is -0.496 e. The average molecular weight is 283 g/mol. The number of halogens is 1. The van der Waals surface area contributed by atoms with Crippen LogP contribution in [0.4, 0.5) is 4.39 Å². The van der Waals surface area contributed by atoms with Crippen LogP contribution >= 0.6 is 0 Å². The van der Waals surface area contributed by atoms with E-state index >= 15 is 0 Å². The average Bonchev–Trinajstić information content (AvgIpc) is 2.47. The van der Waals surface area contributed by atoms with Crippen LogP contribution in [0.15, 0.2) is 36.4 Å². The summed E-state index contributed by atoms with van der Waals surface area (Å²) in [6.07, 6.45) is 0.432. The van der Waals surface area contributed by atoms with Crippen molar-refractivity contribution >= 4 is 0 Å². The van der Waals surface area contributed by atoms with Crippen LogP contribution in [0.25, 0.3) is 0 Å². The number of ether oxygens (including phenoxy) is 1.